The number of hydrogen-bond acceptors (Lipinski definition) is 5. The van der Waals surface area contributed by atoms with Gasteiger partial charge in [0.2, 0.25) is 0 Å². The van der Waals surface area contributed by atoms with E-state index < -0.39 is 19.6 Å². The molecule has 0 amide bonds. The van der Waals surface area contributed by atoms with Crippen molar-refractivity contribution < 1.29 is 14.3 Å². The third-order valence-corrected chi connectivity index (χ3v) is 14.0. The monoisotopic (exact) mass is 476 g/mol. The van der Waals surface area contributed by atoms with Crippen molar-refractivity contribution in [3.8, 4) is 11.4 Å². The number of fused-ring (bicyclic) bond motifs is 5. The molecule has 3 aromatic rings. The van der Waals surface area contributed by atoms with E-state index in [1.165, 1.54) is 17.7 Å². The number of hydrogen-bond donors (Lipinski definition) is 0. The van der Waals surface area contributed by atoms with Crippen LogP contribution in [0, 0.1) is 0 Å². The van der Waals surface area contributed by atoms with Gasteiger partial charge in [-0.15, -0.1) is 13.1 Å². The molecule has 2 aliphatic rings. The number of carbonyl (C=O) groups is 1. The van der Waals surface area contributed by atoms with Gasteiger partial charge < -0.3 is 14.0 Å². The van der Waals surface area contributed by atoms with Gasteiger partial charge in [0.05, 0.1) is 29.0 Å². The van der Waals surface area contributed by atoms with Gasteiger partial charge in [-0.05, 0) is 29.5 Å². The molecule has 0 spiro atoms. The van der Waals surface area contributed by atoms with Crippen molar-refractivity contribution in [3.63, 3.8) is 0 Å². The Morgan fingerprint density at radius 2 is 1.88 bits per heavy atom. The van der Waals surface area contributed by atoms with Gasteiger partial charge in [0.1, 0.15) is 6.61 Å². The standard InChI is InChI=1S/C27H32N2O4Si/c1-8-27(32-5)19-13-21-22-17(14-29(21)24(30)18(19)15-33-25(27)31)23(34(6,7)26(2,3)4)16-11-9-10-12-20(16)28-22/h9-13H,8,14-15H2,1-7H3/q-1/t27-/m0/s1. The summed E-state index contributed by atoms with van der Waals surface area (Å²) in [6, 6.07) is 10.2. The lowest BCUT2D eigenvalue weighted by molar-refractivity contribution is -0.176. The first-order chi connectivity index (χ1) is 16.0. The molecule has 1 atom stereocenters. The number of methoxy groups -OCH3 is 1. The van der Waals surface area contributed by atoms with Crippen LogP contribution in [0.2, 0.25) is 18.1 Å². The topological polar surface area (TPSA) is 70.4 Å². The highest BCUT2D eigenvalue weighted by Crippen LogP contribution is 2.43. The molecule has 4 heterocycles. The predicted molar refractivity (Wildman–Crippen MR) is 136 cm³/mol. The summed E-state index contributed by atoms with van der Waals surface area (Å²) in [6.45, 7) is 14.1. The van der Waals surface area contributed by atoms with E-state index in [1.54, 1.807) is 4.57 Å². The van der Waals surface area contributed by atoms with Gasteiger partial charge in [-0.1, -0.05) is 45.9 Å². The second-order valence-electron chi connectivity index (χ2n) is 11.0. The van der Waals surface area contributed by atoms with E-state index in [-0.39, 0.29) is 17.2 Å². The highest BCUT2D eigenvalue weighted by Gasteiger charge is 2.47. The van der Waals surface area contributed by atoms with Crippen molar-refractivity contribution in [1.29, 1.82) is 0 Å². The number of aromatic nitrogens is 2. The zero-order valence-corrected chi connectivity index (χ0v) is 22.0. The van der Waals surface area contributed by atoms with Crippen LogP contribution in [0.4, 0.5) is 0 Å². The molecule has 2 aliphatic heterocycles. The number of cyclic esters (lactones) is 1. The summed E-state index contributed by atoms with van der Waals surface area (Å²) in [5.74, 6) is -0.444. The maximum Gasteiger partial charge on any atom is 0.343 e. The third-order valence-electron chi connectivity index (χ3n) is 8.41. The second kappa shape index (κ2) is 7.36. The highest BCUT2D eigenvalue weighted by molar-refractivity contribution is 6.94. The van der Waals surface area contributed by atoms with Gasteiger partial charge >= 0.3 is 5.97 Å². The lowest BCUT2D eigenvalue weighted by atomic mass is 9.85. The smallest absolute Gasteiger partial charge is 0.343 e. The minimum absolute atomic E-state index is 0.0285. The minimum atomic E-state index is -2.00. The van der Waals surface area contributed by atoms with Crippen molar-refractivity contribution in [1.82, 2.24) is 9.55 Å². The SMILES string of the molecule is CC[C@@]1(OC)C(=O)OCc2c1cc1n(c2=O)Cc2c-1nc1ccccc1c2[Si-](C)(C)C(C)(C)C. The Morgan fingerprint density at radius 3 is 2.53 bits per heavy atom. The van der Waals surface area contributed by atoms with Gasteiger partial charge in [-0.3, -0.25) is 4.79 Å². The molecule has 0 saturated heterocycles. The molecule has 0 aliphatic carbocycles. The van der Waals surface area contributed by atoms with E-state index in [0.717, 1.165) is 22.5 Å². The number of esters is 1. The van der Waals surface area contributed by atoms with Crippen LogP contribution in [-0.4, -0.2) is 30.7 Å². The molecule has 2 aromatic heterocycles. The largest absolute Gasteiger partial charge is 0.458 e. The van der Waals surface area contributed by atoms with Gasteiger partial charge in [0.25, 0.3) is 5.56 Å². The molecule has 1 aromatic carbocycles. The quantitative estimate of drug-likeness (QED) is 0.323. The Balaban J connectivity index is 1.87. The first kappa shape index (κ1) is 23.0. The summed E-state index contributed by atoms with van der Waals surface area (Å²) >= 11 is 0. The maximum absolute atomic E-state index is 13.8. The average Bonchev–Trinajstić information content (AvgIpc) is 3.15. The van der Waals surface area contributed by atoms with E-state index >= 15 is 0 Å². The molecule has 0 saturated carbocycles. The maximum atomic E-state index is 13.8. The first-order valence-corrected chi connectivity index (χ1v) is 14.9. The van der Waals surface area contributed by atoms with Crippen LogP contribution in [0.1, 0.15) is 50.8 Å². The molecular formula is C27H32N2O4Si-. The van der Waals surface area contributed by atoms with Crippen LogP contribution in [0.15, 0.2) is 35.1 Å². The van der Waals surface area contributed by atoms with Gasteiger partial charge in [-0.2, -0.15) is 18.3 Å². The van der Waals surface area contributed by atoms with Crippen LogP contribution in [0.5, 0.6) is 0 Å². The highest BCUT2D eigenvalue weighted by atomic mass is 28.3. The fourth-order valence-corrected chi connectivity index (χ4v) is 8.03. The summed E-state index contributed by atoms with van der Waals surface area (Å²) in [5.41, 5.74) is 3.39. The van der Waals surface area contributed by atoms with E-state index in [4.69, 9.17) is 14.5 Å². The molecule has 0 fully saturated rings. The fraction of sp³-hybridized carbons (Fsp3) is 0.444. The summed E-state index contributed by atoms with van der Waals surface area (Å²) < 4.78 is 13.0. The summed E-state index contributed by atoms with van der Waals surface area (Å²) in [4.78, 5) is 31.6. The zero-order chi connectivity index (χ0) is 24.6. The van der Waals surface area contributed by atoms with Crippen LogP contribution >= 0.6 is 0 Å². The molecule has 34 heavy (non-hydrogen) atoms. The number of ether oxygens (including phenoxy) is 2. The van der Waals surface area contributed by atoms with E-state index in [9.17, 15) is 9.59 Å². The first-order valence-electron chi connectivity index (χ1n) is 11.9. The van der Waals surface area contributed by atoms with Gasteiger partial charge in [0, 0.05) is 12.7 Å². The predicted octanol–water partition coefficient (Wildman–Crippen LogP) is 4.45. The Hall–Kier alpha value is -2.77. The molecule has 0 bridgehead atoms. The number of carbonyl (C=O) groups excluding carboxylic acids is 1. The van der Waals surface area contributed by atoms with Crippen molar-refractivity contribution in [2.75, 3.05) is 7.11 Å². The minimum Gasteiger partial charge on any atom is -0.458 e. The number of nitrogens with zero attached hydrogens (tertiary/aromatic N) is 2. The van der Waals surface area contributed by atoms with E-state index in [0.29, 0.717) is 24.1 Å². The Bertz CT molecular complexity index is 1410. The number of pyridine rings is 2. The number of benzene rings is 1. The van der Waals surface area contributed by atoms with Crippen molar-refractivity contribution >= 4 is 30.1 Å². The lowest BCUT2D eigenvalue weighted by Gasteiger charge is -2.50. The van der Waals surface area contributed by atoms with Gasteiger partial charge in [-0.25, -0.2) is 9.78 Å². The van der Waals surface area contributed by atoms with Crippen LogP contribution in [0.25, 0.3) is 22.3 Å². The normalized spacial score (nSPS) is 19.6. The van der Waals surface area contributed by atoms with Crippen LogP contribution in [-0.2, 0) is 33.0 Å². The molecule has 0 radical (unpaired) electrons. The lowest BCUT2D eigenvalue weighted by Crippen LogP contribution is -2.51. The van der Waals surface area contributed by atoms with Crippen LogP contribution < -0.4 is 10.7 Å². The third kappa shape index (κ3) is 2.86. The number of para-hydroxylation sites is 1. The molecule has 179 valence electrons. The van der Waals surface area contributed by atoms with E-state index in [1.807, 2.05) is 25.1 Å². The second-order valence-corrected chi connectivity index (χ2v) is 16.2. The molecule has 0 unspecified atom stereocenters. The molecule has 7 heteroatoms. The fourth-order valence-electron chi connectivity index (χ4n) is 5.44. The molecule has 0 N–H and O–H groups in total. The molecular weight excluding hydrogens is 444 g/mol. The van der Waals surface area contributed by atoms with Crippen molar-refractivity contribution in [2.24, 2.45) is 0 Å². The molecule has 5 rings (SSSR count). The number of rotatable bonds is 3. The summed E-state index contributed by atoms with van der Waals surface area (Å²) in [6.07, 6.45) is 0.380. The Kier molecular flexibility index (Phi) is 4.98. The Morgan fingerprint density at radius 1 is 1.18 bits per heavy atom. The van der Waals surface area contributed by atoms with Crippen LogP contribution in [0.3, 0.4) is 0 Å². The van der Waals surface area contributed by atoms with Crippen molar-refractivity contribution in [2.45, 2.75) is 71.0 Å². The van der Waals surface area contributed by atoms with Crippen molar-refractivity contribution in [3.05, 3.63) is 57.4 Å². The summed E-state index contributed by atoms with van der Waals surface area (Å²) in [5, 5.41) is 2.65. The zero-order valence-electron chi connectivity index (χ0n) is 21.0. The van der Waals surface area contributed by atoms with Gasteiger partial charge in [0.15, 0.2) is 5.60 Å². The van der Waals surface area contributed by atoms with E-state index in [2.05, 4.69) is 46.0 Å². The average molecular weight is 477 g/mol. The summed E-state index contributed by atoms with van der Waals surface area (Å²) in [7, 11) is -0.502. The molecule has 6 nitrogen and oxygen atoms in total. The Labute approximate surface area is 200 Å².